The monoisotopic (exact) mass is 161 g/mol. The molecule has 0 heterocycles. The zero-order valence-electron chi connectivity index (χ0n) is 7.00. The molecule has 0 bridgehead atoms. The summed E-state index contributed by atoms with van der Waals surface area (Å²) in [6.07, 6.45) is 0.306. The van der Waals surface area contributed by atoms with Crippen LogP contribution in [0.3, 0.4) is 0 Å². The molecule has 4 heteroatoms. The molecule has 0 rings (SSSR count). The largest absolute Gasteiger partial charge is 0.469 e. The van der Waals surface area contributed by atoms with Crippen LogP contribution in [0.2, 0.25) is 0 Å². The van der Waals surface area contributed by atoms with Crippen molar-refractivity contribution in [2.75, 3.05) is 20.3 Å². The van der Waals surface area contributed by atoms with Crippen LogP contribution in [0.15, 0.2) is 0 Å². The summed E-state index contributed by atoms with van der Waals surface area (Å²) in [5.41, 5.74) is 5.28. The summed E-state index contributed by atoms with van der Waals surface area (Å²) in [6.45, 7) is 2.71. The highest BCUT2D eigenvalue weighted by Crippen LogP contribution is 1.91. The zero-order valence-corrected chi connectivity index (χ0v) is 7.00. The molecule has 0 aliphatic carbocycles. The summed E-state index contributed by atoms with van der Waals surface area (Å²) in [6, 6.07) is 0. The Balaban J connectivity index is 3.20. The molecule has 2 N–H and O–H groups in total. The topological polar surface area (TPSA) is 61.5 Å². The molecule has 0 amide bonds. The van der Waals surface area contributed by atoms with Gasteiger partial charge in [0.15, 0.2) is 0 Å². The Bertz CT molecular complexity index is 116. The number of nitrogens with two attached hydrogens (primary N) is 1. The third kappa shape index (κ3) is 5.82. The molecule has 1 unspecified atom stereocenters. The second-order valence-corrected chi connectivity index (χ2v) is 2.24. The number of hydrogen-bond acceptors (Lipinski definition) is 4. The second-order valence-electron chi connectivity index (χ2n) is 2.24. The smallest absolute Gasteiger partial charge is 0.307 e. The van der Waals surface area contributed by atoms with E-state index in [2.05, 4.69) is 4.74 Å². The van der Waals surface area contributed by atoms with Gasteiger partial charge in [0.25, 0.3) is 0 Å². The molecule has 0 aliphatic rings. The maximum absolute atomic E-state index is 10.5. The van der Waals surface area contributed by atoms with Crippen molar-refractivity contribution in [2.45, 2.75) is 19.4 Å². The highest BCUT2D eigenvalue weighted by molar-refractivity contribution is 5.69. The van der Waals surface area contributed by atoms with Gasteiger partial charge in [0.2, 0.25) is 0 Å². The molecular formula is C7H15NO3. The van der Waals surface area contributed by atoms with E-state index >= 15 is 0 Å². The standard InChI is InChI=1S/C7H15NO3/c1-6(5-8)11-4-3-7(9)10-2/h6H,3-5,8H2,1-2H3. The summed E-state index contributed by atoms with van der Waals surface area (Å²) in [5.74, 6) is -0.255. The summed E-state index contributed by atoms with van der Waals surface area (Å²) in [4.78, 5) is 10.5. The minimum Gasteiger partial charge on any atom is -0.469 e. The molecule has 1 atom stereocenters. The third-order valence-corrected chi connectivity index (χ3v) is 1.27. The van der Waals surface area contributed by atoms with E-state index in [9.17, 15) is 4.79 Å². The van der Waals surface area contributed by atoms with Crippen LogP contribution in [-0.2, 0) is 14.3 Å². The molecule has 0 aliphatic heterocycles. The molecular weight excluding hydrogens is 146 g/mol. The molecule has 11 heavy (non-hydrogen) atoms. The molecule has 0 saturated heterocycles. The van der Waals surface area contributed by atoms with E-state index < -0.39 is 0 Å². The Morgan fingerprint density at radius 2 is 2.27 bits per heavy atom. The van der Waals surface area contributed by atoms with Crippen molar-refractivity contribution in [1.29, 1.82) is 0 Å². The lowest BCUT2D eigenvalue weighted by atomic mass is 10.4. The van der Waals surface area contributed by atoms with Crippen molar-refractivity contribution in [1.82, 2.24) is 0 Å². The zero-order chi connectivity index (χ0) is 8.69. The van der Waals surface area contributed by atoms with E-state index in [0.29, 0.717) is 19.6 Å². The van der Waals surface area contributed by atoms with Crippen LogP contribution in [0.4, 0.5) is 0 Å². The number of methoxy groups -OCH3 is 1. The Kier molecular flexibility index (Phi) is 5.78. The quantitative estimate of drug-likeness (QED) is 0.572. The highest BCUT2D eigenvalue weighted by Gasteiger charge is 2.02. The van der Waals surface area contributed by atoms with E-state index in [1.54, 1.807) is 0 Å². The van der Waals surface area contributed by atoms with E-state index in [1.165, 1.54) is 7.11 Å². The third-order valence-electron chi connectivity index (χ3n) is 1.27. The summed E-state index contributed by atoms with van der Waals surface area (Å²) in [5, 5.41) is 0. The number of carbonyl (C=O) groups is 1. The van der Waals surface area contributed by atoms with Gasteiger partial charge in [-0.2, -0.15) is 0 Å². The highest BCUT2D eigenvalue weighted by atomic mass is 16.5. The van der Waals surface area contributed by atoms with Gasteiger partial charge >= 0.3 is 5.97 Å². The molecule has 66 valence electrons. The Hall–Kier alpha value is -0.610. The van der Waals surface area contributed by atoms with Gasteiger partial charge in [0.05, 0.1) is 26.2 Å². The predicted octanol–water partition coefficient (Wildman–Crippen LogP) is -0.0867. The van der Waals surface area contributed by atoms with Crippen molar-refractivity contribution in [3.63, 3.8) is 0 Å². The molecule has 0 aromatic carbocycles. The van der Waals surface area contributed by atoms with Crippen LogP contribution in [0.1, 0.15) is 13.3 Å². The van der Waals surface area contributed by atoms with Crippen molar-refractivity contribution in [2.24, 2.45) is 5.73 Å². The van der Waals surface area contributed by atoms with E-state index in [-0.39, 0.29) is 12.1 Å². The summed E-state index contributed by atoms with van der Waals surface area (Å²) >= 11 is 0. The van der Waals surface area contributed by atoms with Crippen LogP contribution in [0.5, 0.6) is 0 Å². The number of ether oxygens (including phenoxy) is 2. The number of hydrogen-bond donors (Lipinski definition) is 1. The normalized spacial score (nSPS) is 12.6. The van der Waals surface area contributed by atoms with Crippen LogP contribution >= 0.6 is 0 Å². The molecule has 0 spiro atoms. The predicted molar refractivity (Wildman–Crippen MR) is 41.1 cm³/mol. The first-order chi connectivity index (χ1) is 5.20. The first kappa shape index (κ1) is 10.4. The SMILES string of the molecule is COC(=O)CCOC(C)CN. The molecule has 0 aromatic rings. The Labute approximate surface area is 66.7 Å². The lowest BCUT2D eigenvalue weighted by Gasteiger charge is -2.08. The van der Waals surface area contributed by atoms with Crippen molar-refractivity contribution in [3.8, 4) is 0 Å². The molecule has 0 saturated carbocycles. The number of rotatable bonds is 5. The first-order valence-corrected chi connectivity index (χ1v) is 3.59. The van der Waals surface area contributed by atoms with Crippen LogP contribution in [0, 0.1) is 0 Å². The maximum atomic E-state index is 10.5. The summed E-state index contributed by atoms with van der Waals surface area (Å²) < 4.78 is 9.55. The van der Waals surface area contributed by atoms with Gasteiger partial charge in [-0.25, -0.2) is 0 Å². The summed E-state index contributed by atoms with van der Waals surface area (Å²) in [7, 11) is 1.36. The van der Waals surface area contributed by atoms with Crippen molar-refractivity contribution < 1.29 is 14.3 Å². The van der Waals surface area contributed by atoms with Gasteiger partial charge in [0.1, 0.15) is 0 Å². The Morgan fingerprint density at radius 3 is 2.73 bits per heavy atom. The van der Waals surface area contributed by atoms with Crippen molar-refractivity contribution in [3.05, 3.63) is 0 Å². The van der Waals surface area contributed by atoms with Crippen LogP contribution < -0.4 is 5.73 Å². The van der Waals surface area contributed by atoms with Gasteiger partial charge in [-0.1, -0.05) is 0 Å². The number of carbonyl (C=O) groups excluding carboxylic acids is 1. The van der Waals surface area contributed by atoms with Gasteiger partial charge < -0.3 is 15.2 Å². The fourth-order valence-electron chi connectivity index (χ4n) is 0.514. The lowest BCUT2D eigenvalue weighted by Crippen LogP contribution is -2.21. The Morgan fingerprint density at radius 1 is 1.64 bits per heavy atom. The van der Waals surface area contributed by atoms with Crippen LogP contribution in [0.25, 0.3) is 0 Å². The lowest BCUT2D eigenvalue weighted by molar-refractivity contribution is -0.142. The van der Waals surface area contributed by atoms with E-state index in [0.717, 1.165) is 0 Å². The average Bonchev–Trinajstić information content (AvgIpc) is 2.04. The van der Waals surface area contributed by atoms with Crippen molar-refractivity contribution >= 4 is 5.97 Å². The van der Waals surface area contributed by atoms with Gasteiger partial charge in [-0.05, 0) is 6.92 Å². The van der Waals surface area contributed by atoms with Gasteiger partial charge in [-0.3, -0.25) is 4.79 Å². The van der Waals surface area contributed by atoms with Crippen LogP contribution in [-0.4, -0.2) is 32.3 Å². The van der Waals surface area contributed by atoms with Gasteiger partial charge in [0, 0.05) is 6.54 Å². The maximum Gasteiger partial charge on any atom is 0.307 e. The minimum absolute atomic E-state index is 0.0136. The minimum atomic E-state index is -0.255. The molecule has 0 fully saturated rings. The van der Waals surface area contributed by atoms with Gasteiger partial charge in [-0.15, -0.1) is 0 Å². The number of esters is 1. The molecule has 0 radical (unpaired) electrons. The first-order valence-electron chi connectivity index (χ1n) is 3.59. The average molecular weight is 161 g/mol. The van der Waals surface area contributed by atoms with E-state index in [4.69, 9.17) is 10.5 Å². The molecule has 4 nitrogen and oxygen atoms in total. The van der Waals surface area contributed by atoms with E-state index in [1.807, 2.05) is 6.92 Å². The second kappa shape index (κ2) is 6.12. The molecule has 0 aromatic heterocycles. The fraction of sp³-hybridized carbons (Fsp3) is 0.857. The fourth-order valence-corrected chi connectivity index (χ4v) is 0.514.